The molecule has 0 fully saturated rings. The molecular formula is C23H23ClF3N7O3. The zero-order chi connectivity index (χ0) is 26.2. The summed E-state index contributed by atoms with van der Waals surface area (Å²) in [6, 6.07) is 5.76. The van der Waals surface area contributed by atoms with Gasteiger partial charge < -0.3 is 14.5 Å². The monoisotopic (exact) mass is 537 g/mol. The molecule has 1 aromatic carbocycles. The molecule has 14 heteroatoms. The Bertz CT molecular complexity index is 1300. The molecule has 0 spiro atoms. The predicted molar refractivity (Wildman–Crippen MR) is 124 cm³/mol. The fourth-order valence-corrected chi connectivity index (χ4v) is 4.78. The third kappa shape index (κ3) is 5.71. The number of fused-ring (bicyclic) bond motifs is 2. The predicted octanol–water partition coefficient (Wildman–Crippen LogP) is 2.77. The Morgan fingerprint density at radius 1 is 1.08 bits per heavy atom. The lowest BCUT2D eigenvalue weighted by Gasteiger charge is -2.24. The van der Waals surface area contributed by atoms with Gasteiger partial charge in [-0.1, -0.05) is 22.9 Å². The summed E-state index contributed by atoms with van der Waals surface area (Å²) in [6.45, 7) is 2.31. The molecule has 0 saturated heterocycles. The molecule has 0 unspecified atom stereocenters. The number of amides is 2. The number of carbonyl (C=O) groups is 2. The molecule has 5 rings (SSSR count). The largest absolute Gasteiger partial charge is 0.573 e. The van der Waals surface area contributed by atoms with Crippen LogP contribution in [0.4, 0.5) is 13.2 Å². The SMILES string of the molecule is O=C(CCc1ccc(OC(F)(F)F)c(Cl)c1)N1CCc2cc(C(=O)N3CCc4[nH]nnc4C3)nn2CC1. The number of rotatable bonds is 5. The van der Waals surface area contributed by atoms with E-state index in [1.54, 1.807) is 20.5 Å². The van der Waals surface area contributed by atoms with Crippen LogP contribution in [0.2, 0.25) is 5.02 Å². The highest BCUT2D eigenvalue weighted by molar-refractivity contribution is 6.32. The van der Waals surface area contributed by atoms with Gasteiger partial charge in [-0.05, 0) is 30.2 Å². The van der Waals surface area contributed by atoms with Crippen molar-refractivity contribution in [2.24, 2.45) is 0 Å². The maximum atomic E-state index is 13.0. The summed E-state index contributed by atoms with van der Waals surface area (Å²) >= 11 is 5.90. The van der Waals surface area contributed by atoms with E-state index < -0.39 is 12.1 Å². The minimum absolute atomic E-state index is 0.0782. The topological polar surface area (TPSA) is 109 Å². The van der Waals surface area contributed by atoms with E-state index in [2.05, 4.69) is 25.2 Å². The van der Waals surface area contributed by atoms with Crippen LogP contribution in [0.1, 0.15) is 39.6 Å². The second-order valence-corrected chi connectivity index (χ2v) is 9.31. The number of alkyl halides is 3. The van der Waals surface area contributed by atoms with Gasteiger partial charge in [0.05, 0.1) is 23.8 Å². The van der Waals surface area contributed by atoms with Crippen molar-refractivity contribution in [3.63, 3.8) is 0 Å². The molecule has 3 aromatic rings. The first-order chi connectivity index (χ1) is 17.7. The number of hydrogen-bond acceptors (Lipinski definition) is 6. The number of carbonyl (C=O) groups excluding carboxylic acids is 2. The molecule has 37 heavy (non-hydrogen) atoms. The van der Waals surface area contributed by atoms with Crippen molar-refractivity contribution in [2.75, 3.05) is 19.6 Å². The van der Waals surface area contributed by atoms with E-state index in [0.717, 1.165) is 23.1 Å². The second kappa shape index (κ2) is 10.0. The fraction of sp³-hybridized carbons (Fsp3) is 0.435. The molecular weight excluding hydrogens is 515 g/mol. The molecule has 0 aliphatic carbocycles. The Labute approximate surface area is 214 Å². The zero-order valence-electron chi connectivity index (χ0n) is 19.6. The van der Waals surface area contributed by atoms with Crippen molar-refractivity contribution in [3.05, 3.63) is 57.6 Å². The van der Waals surface area contributed by atoms with Crippen LogP contribution in [0.25, 0.3) is 0 Å². The highest BCUT2D eigenvalue weighted by atomic mass is 35.5. The Hall–Kier alpha value is -3.61. The van der Waals surface area contributed by atoms with Gasteiger partial charge in [0.25, 0.3) is 5.91 Å². The van der Waals surface area contributed by atoms with Crippen LogP contribution in [0.5, 0.6) is 5.75 Å². The quantitative estimate of drug-likeness (QED) is 0.536. The van der Waals surface area contributed by atoms with Crippen LogP contribution in [-0.2, 0) is 37.1 Å². The molecule has 2 aliphatic rings. The van der Waals surface area contributed by atoms with E-state index in [4.69, 9.17) is 11.6 Å². The summed E-state index contributed by atoms with van der Waals surface area (Å²) < 4.78 is 42.9. The van der Waals surface area contributed by atoms with Crippen molar-refractivity contribution in [2.45, 2.75) is 45.1 Å². The zero-order valence-corrected chi connectivity index (χ0v) is 20.3. The highest BCUT2D eigenvalue weighted by Gasteiger charge is 2.32. The van der Waals surface area contributed by atoms with Gasteiger partial charge in [0.1, 0.15) is 11.4 Å². The Balaban J connectivity index is 1.14. The van der Waals surface area contributed by atoms with Crippen LogP contribution >= 0.6 is 11.6 Å². The molecule has 0 atom stereocenters. The summed E-state index contributed by atoms with van der Waals surface area (Å²) in [5.74, 6) is -0.717. The van der Waals surface area contributed by atoms with Crippen molar-refractivity contribution >= 4 is 23.4 Å². The first-order valence-corrected chi connectivity index (χ1v) is 12.1. The van der Waals surface area contributed by atoms with Gasteiger partial charge in [0.15, 0.2) is 5.69 Å². The second-order valence-electron chi connectivity index (χ2n) is 8.90. The first kappa shape index (κ1) is 25.1. The number of halogens is 4. The van der Waals surface area contributed by atoms with Crippen LogP contribution in [0.15, 0.2) is 24.3 Å². The van der Waals surface area contributed by atoms with Gasteiger partial charge in [0.2, 0.25) is 5.91 Å². The normalized spacial score (nSPS) is 15.7. The lowest BCUT2D eigenvalue weighted by Crippen LogP contribution is -2.36. The van der Waals surface area contributed by atoms with Crippen molar-refractivity contribution in [1.29, 1.82) is 0 Å². The minimum atomic E-state index is -4.83. The molecule has 0 radical (unpaired) electrons. The van der Waals surface area contributed by atoms with Crippen LogP contribution in [-0.4, -0.2) is 72.8 Å². The number of aromatic amines is 1. The first-order valence-electron chi connectivity index (χ1n) is 11.7. The number of nitrogens with zero attached hydrogens (tertiary/aromatic N) is 6. The molecule has 2 amide bonds. The fourth-order valence-electron chi connectivity index (χ4n) is 4.54. The Morgan fingerprint density at radius 2 is 1.89 bits per heavy atom. The minimum Gasteiger partial charge on any atom is -0.404 e. The molecule has 0 saturated carbocycles. The number of aromatic nitrogens is 5. The van der Waals surface area contributed by atoms with Gasteiger partial charge >= 0.3 is 6.36 Å². The standard InChI is InChI=1S/C23H23ClF3N7O3/c24-16-11-14(1-3-20(16)37-23(25,26)27)2-4-21(35)32-7-5-15-12-18(30-34(15)10-9-32)22(36)33-8-6-17-19(13-33)29-31-28-17/h1,3,11-12H,2,4-10,13H2,(H,28,29,31). The van der Waals surface area contributed by atoms with E-state index in [0.29, 0.717) is 63.2 Å². The van der Waals surface area contributed by atoms with Gasteiger partial charge in [-0.25, -0.2) is 0 Å². The third-order valence-electron chi connectivity index (χ3n) is 6.47. The molecule has 2 aromatic heterocycles. The molecule has 1 N–H and O–H groups in total. The average Bonchev–Trinajstić information content (AvgIpc) is 3.44. The van der Waals surface area contributed by atoms with Gasteiger partial charge in [0, 0.05) is 44.6 Å². The summed E-state index contributed by atoms with van der Waals surface area (Å²) in [6.07, 6.45) is -3.11. The summed E-state index contributed by atoms with van der Waals surface area (Å²) in [5.41, 5.74) is 3.60. The van der Waals surface area contributed by atoms with Crippen molar-refractivity contribution in [1.82, 2.24) is 35.0 Å². The maximum Gasteiger partial charge on any atom is 0.573 e. The van der Waals surface area contributed by atoms with Crippen LogP contribution in [0, 0.1) is 0 Å². The number of nitrogens with one attached hydrogen (secondary N) is 1. The highest BCUT2D eigenvalue weighted by Crippen LogP contribution is 2.31. The van der Waals surface area contributed by atoms with Crippen molar-refractivity contribution in [3.8, 4) is 5.75 Å². The molecule has 196 valence electrons. The number of hydrogen-bond donors (Lipinski definition) is 1. The number of benzene rings is 1. The smallest absolute Gasteiger partial charge is 0.404 e. The number of H-pyrrole nitrogens is 1. The van der Waals surface area contributed by atoms with Gasteiger partial charge in [-0.15, -0.1) is 18.3 Å². The Morgan fingerprint density at radius 3 is 2.68 bits per heavy atom. The van der Waals surface area contributed by atoms with E-state index >= 15 is 0 Å². The summed E-state index contributed by atoms with van der Waals surface area (Å²) in [4.78, 5) is 29.2. The lowest BCUT2D eigenvalue weighted by atomic mass is 10.1. The lowest BCUT2D eigenvalue weighted by molar-refractivity contribution is -0.274. The average molecular weight is 538 g/mol. The van der Waals surface area contributed by atoms with E-state index in [1.165, 1.54) is 12.1 Å². The molecule has 4 heterocycles. The number of aryl methyl sites for hydroxylation is 1. The van der Waals surface area contributed by atoms with E-state index in [9.17, 15) is 22.8 Å². The molecule has 10 nitrogen and oxygen atoms in total. The maximum absolute atomic E-state index is 13.0. The number of ether oxygens (including phenoxy) is 1. The third-order valence-corrected chi connectivity index (χ3v) is 6.76. The van der Waals surface area contributed by atoms with Gasteiger partial charge in [-0.3, -0.25) is 19.4 Å². The molecule has 0 bridgehead atoms. The van der Waals surface area contributed by atoms with E-state index in [1.807, 2.05) is 0 Å². The van der Waals surface area contributed by atoms with E-state index in [-0.39, 0.29) is 23.3 Å². The van der Waals surface area contributed by atoms with Gasteiger partial charge in [-0.2, -0.15) is 5.10 Å². The summed E-state index contributed by atoms with van der Waals surface area (Å²) in [7, 11) is 0. The van der Waals surface area contributed by atoms with Crippen LogP contribution in [0.3, 0.4) is 0 Å². The molecule has 2 aliphatic heterocycles. The summed E-state index contributed by atoms with van der Waals surface area (Å²) in [5, 5.41) is 15.0. The van der Waals surface area contributed by atoms with Crippen molar-refractivity contribution < 1.29 is 27.5 Å². The Kier molecular flexibility index (Phi) is 6.80. The van der Waals surface area contributed by atoms with Crippen LogP contribution < -0.4 is 4.74 Å².